The molecule has 0 saturated heterocycles. The number of carbonyl (C=O) groups excluding carboxylic acids is 1. The third-order valence-electron chi connectivity index (χ3n) is 5.44. The molecule has 0 spiro atoms. The Morgan fingerprint density at radius 3 is 2.47 bits per heavy atom. The zero-order chi connectivity index (χ0) is 25.2. The largest absolute Gasteiger partial charge is 0.481 e. The maximum absolute atomic E-state index is 12.4. The van der Waals surface area contributed by atoms with E-state index in [0.717, 1.165) is 30.3 Å². The first kappa shape index (κ1) is 23.5. The molecule has 11 heteroatoms. The second kappa shape index (κ2) is 9.80. The van der Waals surface area contributed by atoms with Gasteiger partial charge in [0, 0.05) is 32.6 Å². The van der Waals surface area contributed by atoms with E-state index in [4.69, 9.17) is 15.6 Å². The van der Waals surface area contributed by atoms with E-state index in [1.807, 2.05) is 48.5 Å². The van der Waals surface area contributed by atoms with Crippen molar-refractivity contribution in [3.05, 3.63) is 71.8 Å². The summed E-state index contributed by atoms with van der Waals surface area (Å²) in [6.45, 7) is 0.158. The van der Waals surface area contributed by atoms with Crippen LogP contribution in [0.4, 0.5) is 16.3 Å². The molecular formula is C25H21N5O4S2. The van der Waals surface area contributed by atoms with Crippen LogP contribution in [0.5, 0.6) is 0 Å². The van der Waals surface area contributed by atoms with Gasteiger partial charge in [-0.05, 0) is 29.3 Å². The number of aromatic nitrogens is 3. The summed E-state index contributed by atoms with van der Waals surface area (Å²) in [4.78, 5) is 25.2. The highest BCUT2D eigenvalue weighted by Gasteiger charge is 2.20. The predicted octanol–water partition coefficient (Wildman–Crippen LogP) is 5.38. The number of carboxylic acids is 1. The fourth-order valence-corrected chi connectivity index (χ4v) is 6.15. The van der Waals surface area contributed by atoms with Gasteiger partial charge in [-0.1, -0.05) is 47.7 Å². The maximum atomic E-state index is 12.4. The number of benzene rings is 2. The van der Waals surface area contributed by atoms with Gasteiger partial charge in [0.05, 0.1) is 11.3 Å². The van der Waals surface area contributed by atoms with Crippen LogP contribution in [-0.2, 0) is 29.6 Å². The monoisotopic (exact) mass is 519 g/mol. The van der Waals surface area contributed by atoms with Gasteiger partial charge in [0.25, 0.3) is 0 Å². The van der Waals surface area contributed by atoms with Gasteiger partial charge in [-0.25, -0.2) is 9.48 Å². The van der Waals surface area contributed by atoms with E-state index in [-0.39, 0.29) is 13.0 Å². The number of hydrogen-bond donors (Lipinski definition) is 3. The van der Waals surface area contributed by atoms with Gasteiger partial charge in [-0.2, -0.15) is 0 Å². The van der Waals surface area contributed by atoms with Crippen LogP contribution in [0, 0.1) is 0 Å². The SMILES string of the molecule is Cn1nnc(-c2cc3sc(-c4ccc(CC(=O)O)cc4N)cc3s2)c1NC(=O)OCc1ccccc1. The number of aryl methyl sites for hydroxylation is 1. The molecule has 4 N–H and O–H groups in total. The first-order valence-corrected chi connectivity index (χ1v) is 12.5. The van der Waals surface area contributed by atoms with Crippen molar-refractivity contribution in [1.82, 2.24) is 15.0 Å². The summed E-state index contributed by atoms with van der Waals surface area (Å²) >= 11 is 3.11. The Labute approximate surface area is 213 Å². The molecule has 36 heavy (non-hydrogen) atoms. The molecule has 0 aliphatic rings. The van der Waals surface area contributed by atoms with Crippen molar-refractivity contribution < 1.29 is 19.4 Å². The Balaban J connectivity index is 1.35. The summed E-state index contributed by atoms with van der Waals surface area (Å²) < 4.78 is 8.92. The van der Waals surface area contributed by atoms with Crippen molar-refractivity contribution in [1.29, 1.82) is 0 Å². The lowest BCUT2D eigenvalue weighted by atomic mass is 10.1. The number of hydrogen-bond acceptors (Lipinski definition) is 8. The maximum Gasteiger partial charge on any atom is 0.413 e. The number of ether oxygens (including phenoxy) is 1. The molecular weight excluding hydrogens is 498 g/mol. The molecule has 3 heterocycles. The highest BCUT2D eigenvalue weighted by molar-refractivity contribution is 7.31. The summed E-state index contributed by atoms with van der Waals surface area (Å²) in [5.41, 5.74) is 9.73. The number of anilines is 2. The van der Waals surface area contributed by atoms with E-state index in [0.29, 0.717) is 22.8 Å². The van der Waals surface area contributed by atoms with Gasteiger partial charge >= 0.3 is 12.1 Å². The molecule has 0 fully saturated rings. The second-order valence-corrected chi connectivity index (χ2v) is 10.2. The number of carbonyl (C=O) groups is 2. The van der Waals surface area contributed by atoms with Gasteiger partial charge in [-0.3, -0.25) is 10.1 Å². The average molecular weight is 520 g/mol. The lowest BCUT2D eigenvalue weighted by molar-refractivity contribution is -0.136. The summed E-state index contributed by atoms with van der Waals surface area (Å²) in [5.74, 6) is -0.450. The van der Waals surface area contributed by atoms with Crippen molar-refractivity contribution in [3.8, 4) is 21.0 Å². The number of rotatable bonds is 7. The number of nitrogen functional groups attached to an aromatic ring is 1. The smallest absolute Gasteiger partial charge is 0.413 e. The van der Waals surface area contributed by atoms with Gasteiger partial charge in [0.1, 0.15) is 12.3 Å². The molecule has 3 aromatic heterocycles. The first-order chi connectivity index (χ1) is 17.4. The Hall–Kier alpha value is -4.22. The predicted molar refractivity (Wildman–Crippen MR) is 141 cm³/mol. The second-order valence-electron chi connectivity index (χ2n) is 8.04. The highest BCUT2D eigenvalue weighted by Crippen LogP contribution is 2.43. The fraction of sp³-hybridized carbons (Fsp3) is 0.120. The third kappa shape index (κ3) is 4.92. The van der Waals surface area contributed by atoms with Crippen molar-refractivity contribution >= 4 is 55.6 Å². The minimum Gasteiger partial charge on any atom is -0.481 e. The Kier molecular flexibility index (Phi) is 6.40. The van der Waals surface area contributed by atoms with Crippen LogP contribution < -0.4 is 11.1 Å². The van der Waals surface area contributed by atoms with Gasteiger partial charge in [0.2, 0.25) is 0 Å². The number of aliphatic carboxylic acids is 1. The number of nitrogens with one attached hydrogen (secondary N) is 1. The number of nitrogens with zero attached hydrogens (tertiary/aromatic N) is 3. The molecule has 182 valence electrons. The first-order valence-electron chi connectivity index (χ1n) is 10.9. The molecule has 0 radical (unpaired) electrons. The van der Waals surface area contributed by atoms with Crippen molar-refractivity contribution in [3.63, 3.8) is 0 Å². The number of carboxylic acid groups (broad SMARTS) is 1. The van der Waals surface area contributed by atoms with Crippen LogP contribution in [0.1, 0.15) is 11.1 Å². The van der Waals surface area contributed by atoms with Gasteiger partial charge in [0.15, 0.2) is 5.82 Å². The standard InChI is InChI=1S/C25H21N5O4S2/c1-30-24(27-25(33)34-13-14-5-3-2-4-6-14)23(28-29-30)21-12-20-19(36-21)11-18(35-20)16-8-7-15(9-17(16)26)10-22(31)32/h2-9,11-12H,10,13,26H2,1H3,(H,27,33)(H,31,32). The topological polar surface area (TPSA) is 132 Å². The van der Waals surface area contributed by atoms with Crippen LogP contribution in [0.2, 0.25) is 0 Å². The molecule has 0 saturated carbocycles. The van der Waals surface area contributed by atoms with Crippen molar-refractivity contribution in [2.45, 2.75) is 13.0 Å². The zero-order valence-corrected chi connectivity index (χ0v) is 20.7. The highest BCUT2D eigenvalue weighted by atomic mass is 32.1. The van der Waals surface area contributed by atoms with E-state index in [2.05, 4.69) is 15.6 Å². The fourth-order valence-electron chi connectivity index (χ4n) is 3.73. The van der Waals surface area contributed by atoms with E-state index in [1.54, 1.807) is 30.5 Å². The van der Waals surface area contributed by atoms with E-state index in [1.165, 1.54) is 16.0 Å². The molecule has 0 aliphatic carbocycles. The summed E-state index contributed by atoms with van der Waals surface area (Å²) in [5, 5.41) is 20.1. The number of amides is 1. The van der Waals surface area contributed by atoms with Gasteiger partial charge in [-0.15, -0.1) is 27.8 Å². The molecule has 5 rings (SSSR count). The van der Waals surface area contributed by atoms with Crippen molar-refractivity contribution in [2.24, 2.45) is 7.05 Å². The minimum absolute atomic E-state index is 0.0678. The molecule has 0 unspecified atom stereocenters. The summed E-state index contributed by atoms with van der Waals surface area (Å²) in [7, 11) is 1.70. The average Bonchev–Trinajstić information content (AvgIpc) is 3.52. The number of nitrogens with two attached hydrogens (primary N) is 1. The molecule has 5 aromatic rings. The Morgan fingerprint density at radius 2 is 1.75 bits per heavy atom. The van der Waals surface area contributed by atoms with Crippen LogP contribution in [-0.4, -0.2) is 32.2 Å². The van der Waals surface area contributed by atoms with Crippen molar-refractivity contribution in [2.75, 3.05) is 11.1 Å². The molecule has 2 aromatic carbocycles. The van der Waals surface area contributed by atoms with Gasteiger partial charge < -0.3 is 15.6 Å². The quantitative estimate of drug-likeness (QED) is 0.246. The lowest BCUT2D eigenvalue weighted by Gasteiger charge is -2.08. The number of fused-ring (bicyclic) bond motifs is 1. The summed E-state index contributed by atoms with van der Waals surface area (Å²) in [6, 6.07) is 18.8. The normalized spacial score (nSPS) is 11.0. The molecule has 0 atom stereocenters. The van der Waals surface area contributed by atoms with Crippen LogP contribution in [0.3, 0.4) is 0 Å². The molecule has 0 aliphatic heterocycles. The van der Waals surface area contributed by atoms with E-state index < -0.39 is 12.1 Å². The minimum atomic E-state index is -0.895. The zero-order valence-electron chi connectivity index (χ0n) is 19.1. The molecule has 9 nitrogen and oxygen atoms in total. The third-order valence-corrected chi connectivity index (χ3v) is 7.77. The van der Waals surface area contributed by atoms with E-state index >= 15 is 0 Å². The summed E-state index contributed by atoms with van der Waals surface area (Å²) in [6.07, 6.45) is -0.658. The number of thiophene rings is 2. The van der Waals surface area contributed by atoms with Crippen LogP contribution >= 0.6 is 22.7 Å². The Bertz CT molecular complexity index is 1540. The van der Waals surface area contributed by atoms with E-state index in [9.17, 15) is 9.59 Å². The Morgan fingerprint density at radius 1 is 1.03 bits per heavy atom. The van der Waals surface area contributed by atoms with Crippen LogP contribution in [0.25, 0.3) is 30.4 Å². The lowest BCUT2D eigenvalue weighted by Crippen LogP contribution is -2.16. The molecule has 0 bridgehead atoms. The molecule has 1 amide bonds. The van der Waals surface area contributed by atoms with Crippen LogP contribution in [0.15, 0.2) is 60.7 Å².